The van der Waals surface area contributed by atoms with Crippen LogP contribution < -0.4 is 4.74 Å². The Morgan fingerprint density at radius 3 is 2.57 bits per heavy atom. The highest BCUT2D eigenvalue weighted by molar-refractivity contribution is 6.08. The van der Waals surface area contributed by atoms with Gasteiger partial charge in [0.05, 0.1) is 12.6 Å². The molecule has 6 heteroatoms. The molecule has 2 heterocycles. The van der Waals surface area contributed by atoms with Crippen molar-refractivity contribution in [1.29, 1.82) is 0 Å². The van der Waals surface area contributed by atoms with Crippen molar-refractivity contribution in [2.75, 3.05) is 20.2 Å². The van der Waals surface area contributed by atoms with Gasteiger partial charge >= 0.3 is 0 Å². The van der Waals surface area contributed by atoms with Gasteiger partial charge in [-0.25, -0.2) is 0 Å². The molecule has 0 radical (unpaired) electrons. The summed E-state index contributed by atoms with van der Waals surface area (Å²) in [4.78, 5) is 28.2. The van der Waals surface area contributed by atoms with Gasteiger partial charge in [-0.1, -0.05) is 40.0 Å². The molecule has 162 valence electrons. The van der Waals surface area contributed by atoms with Crippen LogP contribution in [-0.2, 0) is 11.3 Å². The SMILES string of the molecule is COc1ccc2c(C(=O)C(C)(C)C)nn(CC(=O)N3CC[C@@H]4CCCC[C@H]4C3)c2c1. The van der Waals surface area contributed by atoms with Gasteiger partial charge in [0.2, 0.25) is 5.91 Å². The minimum atomic E-state index is -0.543. The summed E-state index contributed by atoms with van der Waals surface area (Å²) in [6.45, 7) is 7.52. The van der Waals surface area contributed by atoms with Gasteiger partial charge in [-0.05, 0) is 36.8 Å². The number of fused-ring (bicyclic) bond motifs is 2. The van der Waals surface area contributed by atoms with Crippen molar-refractivity contribution in [3.63, 3.8) is 0 Å². The highest BCUT2D eigenvalue weighted by Gasteiger charge is 2.33. The molecular weight excluding hydrogens is 378 g/mol. The monoisotopic (exact) mass is 411 g/mol. The van der Waals surface area contributed by atoms with E-state index in [4.69, 9.17) is 4.74 Å². The number of ether oxygens (including phenoxy) is 1. The quantitative estimate of drug-likeness (QED) is 0.703. The van der Waals surface area contributed by atoms with Crippen LogP contribution >= 0.6 is 0 Å². The summed E-state index contributed by atoms with van der Waals surface area (Å²) in [7, 11) is 1.61. The van der Waals surface area contributed by atoms with Crippen molar-refractivity contribution < 1.29 is 14.3 Å². The number of carbonyl (C=O) groups is 2. The van der Waals surface area contributed by atoms with Crippen LogP contribution in [-0.4, -0.2) is 46.6 Å². The Kier molecular flexibility index (Phi) is 5.60. The van der Waals surface area contributed by atoms with E-state index in [0.29, 0.717) is 17.4 Å². The van der Waals surface area contributed by atoms with Crippen molar-refractivity contribution in [3.8, 4) is 5.75 Å². The Hall–Kier alpha value is -2.37. The number of amides is 1. The lowest BCUT2D eigenvalue weighted by atomic mass is 9.75. The number of rotatable bonds is 4. The molecule has 1 aliphatic heterocycles. The number of hydrogen-bond donors (Lipinski definition) is 0. The molecule has 2 aromatic rings. The molecule has 0 N–H and O–H groups in total. The molecule has 0 bridgehead atoms. The van der Waals surface area contributed by atoms with E-state index in [2.05, 4.69) is 5.10 Å². The van der Waals surface area contributed by atoms with Gasteiger partial charge in [0.1, 0.15) is 18.0 Å². The number of nitrogens with zero attached hydrogens (tertiary/aromatic N) is 3. The summed E-state index contributed by atoms with van der Waals surface area (Å²) >= 11 is 0. The largest absolute Gasteiger partial charge is 0.497 e. The normalized spacial score (nSPS) is 22.1. The van der Waals surface area contributed by atoms with E-state index >= 15 is 0 Å². The standard InChI is InChI=1S/C24H33N3O3/c1-24(2,3)23(29)22-19-10-9-18(30-4)13-20(19)27(25-22)15-21(28)26-12-11-16-7-5-6-8-17(16)14-26/h9-10,13,16-17H,5-8,11-12,14-15H2,1-4H3/t16-,17-/m0/s1. The molecule has 2 atom stereocenters. The molecule has 6 nitrogen and oxygen atoms in total. The number of carbonyl (C=O) groups excluding carboxylic acids is 2. The summed E-state index contributed by atoms with van der Waals surface area (Å²) in [6, 6.07) is 5.57. The van der Waals surface area contributed by atoms with E-state index in [0.717, 1.165) is 36.3 Å². The Balaban J connectivity index is 1.61. The van der Waals surface area contributed by atoms with Crippen LogP contribution in [0.15, 0.2) is 18.2 Å². The number of likely N-dealkylation sites (tertiary alicyclic amines) is 1. The zero-order valence-electron chi connectivity index (χ0n) is 18.6. The highest BCUT2D eigenvalue weighted by atomic mass is 16.5. The second-order valence-corrected chi connectivity index (χ2v) is 9.90. The summed E-state index contributed by atoms with van der Waals surface area (Å²) in [5.74, 6) is 2.18. The number of methoxy groups -OCH3 is 1. The second kappa shape index (κ2) is 8.05. The van der Waals surface area contributed by atoms with Crippen LogP contribution in [0.1, 0.15) is 63.4 Å². The molecule has 0 spiro atoms. The third-order valence-corrected chi connectivity index (χ3v) is 6.78. The molecule has 2 aliphatic rings. The first kappa shape index (κ1) is 20.9. The maximum atomic E-state index is 13.2. The lowest BCUT2D eigenvalue weighted by molar-refractivity contribution is -0.135. The number of piperidine rings is 1. The summed E-state index contributed by atoms with van der Waals surface area (Å²) in [5.41, 5.74) is 0.653. The van der Waals surface area contributed by atoms with Crippen LogP contribution in [0, 0.1) is 17.3 Å². The fraction of sp³-hybridized carbons (Fsp3) is 0.625. The van der Waals surface area contributed by atoms with Crippen LogP contribution in [0.2, 0.25) is 0 Å². The van der Waals surface area contributed by atoms with Gasteiger partial charge < -0.3 is 9.64 Å². The molecule has 1 saturated carbocycles. The highest BCUT2D eigenvalue weighted by Crippen LogP contribution is 2.36. The third kappa shape index (κ3) is 3.96. The summed E-state index contributed by atoms with van der Waals surface area (Å²) < 4.78 is 7.06. The van der Waals surface area contributed by atoms with Gasteiger partial charge in [-0.15, -0.1) is 0 Å². The molecule has 1 aromatic carbocycles. The van der Waals surface area contributed by atoms with E-state index in [-0.39, 0.29) is 18.2 Å². The number of hydrogen-bond acceptors (Lipinski definition) is 4. The fourth-order valence-corrected chi connectivity index (χ4v) is 4.98. The van der Waals surface area contributed by atoms with E-state index in [1.807, 2.05) is 43.9 Å². The zero-order valence-corrected chi connectivity index (χ0v) is 18.6. The van der Waals surface area contributed by atoms with Crippen molar-refractivity contribution in [2.45, 2.75) is 59.4 Å². The molecular formula is C24H33N3O3. The van der Waals surface area contributed by atoms with Gasteiger partial charge in [0.25, 0.3) is 0 Å². The Bertz CT molecular complexity index is 956. The van der Waals surface area contributed by atoms with Gasteiger partial charge in [-0.3, -0.25) is 14.3 Å². The lowest BCUT2D eigenvalue weighted by Gasteiger charge is -2.41. The first-order valence-corrected chi connectivity index (χ1v) is 11.1. The van der Waals surface area contributed by atoms with E-state index < -0.39 is 5.41 Å². The predicted octanol–water partition coefficient (Wildman–Crippen LogP) is 4.31. The second-order valence-electron chi connectivity index (χ2n) is 9.90. The molecule has 1 aromatic heterocycles. The number of benzene rings is 1. The Morgan fingerprint density at radius 1 is 1.13 bits per heavy atom. The Labute approximate surface area is 178 Å². The molecule has 1 aliphatic carbocycles. The number of Topliss-reactive ketones (excluding diaryl/α,β-unsaturated/α-hetero) is 1. The third-order valence-electron chi connectivity index (χ3n) is 6.78. The maximum absolute atomic E-state index is 13.2. The van der Waals surface area contributed by atoms with Crippen molar-refractivity contribution in [3.05, 3.63) is 23.9 Å². The van der Waals surface area contributed by atoms with Gasteiger partial charge in [-0.2, -0.15) is 5.10 Å². The maximum Gasteiger partial charge on any atom is 0.244 e. The van der Waals surface area contributed by atoms with Gasteiger partial charge in [0.15, 0.2) is 5.78 Å². The average molecular weight is 412 g/mol. The molecule has 1 amide bonds. The first-order chi connectivity index (χ1) is 14.3. The van der Waals surface area contributed by atoms with E-state index in [1.165, 1.54) is 25.7 Å². The fourth-order valence-electron chi connectivity index (χ4n) is 4.98. The zero-order chi connectivity index (χ0) is 21.5. The smallest absolute Gasteiger partial charge is 0.244 e. The summed E-state index contributed by atoms with van der Waals surface area (Å²) in [6.07, 6.45) is 6.28. The minimum absolute atomic E-state index is 0.0214. The lowest BCUT2D eigenvalue weighted by Crippen LogP contribution is -2.46. The number of ketones is 1. The minimum Gasteiger partial charge on any atom is -0.497 e. The van der Waals surface area contributed by atoms with Crippen molar-refractivity contribution in [2.24, 2.45) is 17.3 Å². The molecule has 0 unspecified atom stereocenters. The molecule has 1 saturated heterocycles. The predicted molar refractivity (Wildman–Crippen MR) is 117 cm³/mol. The van der Waals surface area contributed by atoms with Crippen molar-refractivity contribution in [1.82, 2.24) is 14.7 Å². The van der Waals surface area contributed by atoms with Crippen LogP contribution in [0.4, 0.5) is 0 Å². The van der Waals surface area contributed by atoms with Crippen LogP contribution in [0.5, 0.6) is 5.75 Å². The molecule has 2 fully saturated rings. The van der Waals surface area contributed by atoms with Crippen LogP contribution in [0.25, 0.3) is 10.9 Å². The topological polar surface area (TPSA) is 64.4 Å². The summed E-state index contributed by atoms with van der Waals surface area (Å²) in [5, 5.41) is 5.38. The van der Waals surface area contributed by atoms with Gasteiger partial charge in [0, 0.05) is 30.0 Å². The van der Waals surface area contributed by atoms with E-state index in [1.54, 1.807) is 11.8 Å². The molecule has 4 rings (SSSR count). The Morgan fingerprint density at radius 2 is 1.87 bits per heavy atom. The first-order valence-electron chi connectivity index (χ1n) is 11.1. The van der Waals surface area contributed by atoms with Crippen LogP contribution in [0.3, 0.4) is 0 Å². The average Bonchev–Trinajstić information content (AvgIpc) is 3.09. The number of aromatic nitrogens is 2. The van der Waals surface area contributed by atoms with Crippen molar-refractivity contribution >= 4 is 22.6 Å². The molecule has 30 heavy (non-hydrogen) atoms. The van der Waals surface area contributed by atoms with E-state index in [9.17, 15) is 9.59 Å².